The molecule has 0 bridgehead atoms. The minimum Gasteiger partial charge on any atom is -0.325 e. The molecule has 23 heavy (non-hydrogen) atoms. The van der Waals surface area contributed by atoms with Crippen molar-refractivity contribution < 1.29 is 14.0 Å². The molecule has 1 aliphatic rings. The standard InChI is InChI=1S/C18H17FN2O2/c1-12-11-13(19)7-8-16(12)20-17(22)15-9-10-21(18(15)23)14-5-3-2-4-6-14/h2-8,11,15H,9-10H2,1H3,(H,20,22). The van der Waals surface area contributed by atoms with Crippen molar-refractivity contribution in [3.8, 4) is 0 Å². The van der Waals surface area contributed by atoms with Crippen LogP contribution in [0.4, 0.5) is 15.8 Å². The monoisotopic (exact) mass is 312 g/mol. The first kappa shape index (κ1) is 15.2. The smallest absolute Gasteiger partial charge is 0.239 e. The summed E-state index contributed by atoms with van der Waals surface area (Å²) in [5.74, 6) is -1.61. The highest BCUT2D eigenvalue weighted by atomic mass is 19.1. The Labute approximate surface area is 133 Å². The molecule has 1 atom stereocenters. The SMILES string of the molecule is Cc1cc(F)ccc1NC(=O)C1CCN(c2ccccc2)C1=O. The van der Waals surface area contributed by atoms with E-state index >= 15 is 0 Å². The Balaban J connectivity index is 1.72. The Morgan fingerprint density at radius 3 is 2.65 bits per heavy atom. The molecule has 1 N–H and O–H groups in total. The Hall–Kier alpha value is -2.69. The van der Waals surface area contributed by atoms with E-state index in [9.17, 15) is 14.0 Å². The predicted molar refractivity (Wildman–Crippen MR) is 86.7 cm³/mol. The molecular weight excluding hydrogens is 295 g/mol. The first-order chi connectivity index (χ1) is 11.1. The Morgan fingerprint density at radius 2 is 1.96 bits per heavy atom. The Kier molecular flexibility index (Phi) is 4.10. The van der Waals surface area contributed by atoms with Gasteiger partial charge >= 0.3 is 0 Å². The van der Waals surface area contributed by atoms with Gasteiger partial charge in [-0.05, 0) is 49.2 Å². The second-order valence-corrected chi connectivity index (χ2v) is 5.62. The number of anilines is 2. The summed E-state index contributed by atoms with van der Waals surface area (Å²) in [5.41, 5.74) is 1.96. The van der Waals surface area contributed by atoms with Crippen LogP contribution in [-0.2, 0) is 9.59 Å². The third-order valence-electron chi connectivity index (χ3n) is 4.04. The molecule has 1 fully saturated rings. The van der Waals surface area contributed by atoms with Gasteiger partial charge in [-0.3, -0.25) is 9.59 Å². The largest absolute Gasteiger partial charge is 0.325 e. The van der Waals surface area contributed by atoms with Crippen LogP contribution in [0.15, 0.2) is 48.5 Å². The number of nitrogens with zero attached hydrogens (tertiary/aromatic N) is 1. The van der Waals surface area contributed by atoms with Gasteiger partial charge in [-0.1, -0.05) is 18.2 Å². The Bertz CT molecular complexity index is 746. The second kappa shape index (κ2) is 6.20. The molecule has 1 aliphatic heterocycles. The summed E-state index contributed by atoms with van der Waals surface area (Å²) in [5, 5.41) is 2.73. The molecule has 2 amide bonds. The molecule has 2 aromatic rings. The van der Waals surface area contributed by atoms with Crippen LogP contribution in [0, 0.1) is 18.7 Å². The molecule has 5 heteroatoms. The highest BCUT2D eigenvalue weighted by molar-refractivity contribution is 6.13. The molecule has 0 aromatic heterocycles. The average Bonchev–Trinajstić information content (AvgIpc) is 2.92. The van der Waals surface area contributed by atoms with E-state index in [0.29, 0.717) is 24.2 Å². The number of benzene rings is 2. The van der Waals surface area contributed by atoms with Crippen LogP contribution in [-0.4, -0.2) is 18.4 Å². The van der Waals surface area contributed by atoms with E-state index in [1.54, 1.807) is 11.8 Å². The van der Waals surface area contributed by atoms with Crippen LogP contribution in [0.3, 0.4) is 0 Å². The maximum atomic E-state index is 13.1. The number of halogens is 1. The van der Waals surface area contributed by atoms with E-state index < -0.39 is 5.92 Å². The Morgan fingerprint density at radius 1 is 1.22 bits per heavy atom. The van der Waals surface area contributed by atoms with Gasteiger partial charge in [0.15, 0.2) is 0 Å². The van der Waals surface area contributed by atoms with Gasteiger partial charge in [0.25, 0.3) is 0 Å². The number of nitrogens with one attached hydrogen (secondary N) is 1. The topological polar surface area (TPSA) is 49.4 Å². The molecule has 1 heterocycles. The molecule has 0 aliphatic carbocycles. The normalized spacial score (nSPS) is 17.4. The maximum Gasteiger partial charge on any atom is 0.239 e. The highest BCUT2D eigenvalue weighted by Crippen LogP contribution is 2.26. The van der Waals surface area contributed by atoms with Crippen molar-refractivity contribution in [1.82, 2.24) is 0 Å². The number of rotatable bonds is 3. The van der Waals surface area contributed by atoms with Crippen LogP contribution < -0.4 is 10.2 Å². The van der Waals surface area contributed by atoms with E-state index in [2.05, 4.69) is 5.32 Å². The zero-order valence-corrected chi connectivity index (χ0v) is 12.8. The van der Waals surface area contributed by atoms with Crippen molar-refractivity contribution in [2.45, 2.75) is 13.3 Å². The molecule has 118 valence electrons. The van der Waals surface area contributed by atoms with Crippen molar-refractivity contribution in [2.24, 2.45) is 5.92 Å². The number of para-hydroxylation sites is 1. The predicted octanol–water partition coefficient (Wildman–Crippen LogP) is 3.13. The quantitative estimate of drug-likeness (QED) is 0.885. The van der Waals surface area contributed by atoms with E-state index in [-0.39, 0.29) is 17.6 Å². The van der Waals surface area contributed by atoms with Crippen molar-refractivity contribution in [3.05, 3.63) is 59.9 Å². The molecule has 0 spiro atoms. The molecule has 2 aromatic carbocycles. The third kappa shape index (κ3) is 3.08. The van der Waals surface area contributed by atoms with Crippen molar-refractivity contribution in [3.63, 3.8) is 0 Å². The van der Waals surface area contributed by atoms with E-state index in [4.69, 9.17) is 0 Å². The van der Waals surface area contributed by atoms with Crippen molar-refractivity contribution in [2.75, 3.05) is 16.8 Å². The van der Waals surface area contributed by atoms with Gasteiger partial charge in [-0.2, -0.15) is 0 Å². The summed E-state index contributed by atoms with van der Waals surface area (Å²) in [6.45, 7) is 2.23. The van der Waals surface area contributed by atoms with Gasteiger partial charge < -0.3 is 10.2 Å². The van der Waals surface area contributed by atoms with Gasteiger partial charge in [0.05, 0.1) is 0 Å². The van der Waals surface area contributed by atoms with Gasteiger partial charge in [0.2, 0.25) is 11.8 Å². The fourth-order valence-corrected chi connectivity index (χ4v) is 2.77. The summed E-state index contributed by atoms with van der Waals surface area (Å²) in [4.78, 5) is 26.5. The van der Waals surface area contributed by atoms with E-state index in [1.165, 1.54) is 18.2 Å². The molecule has 0 saturated carbocycles. The van der Waals surface area contributed by atoms with Crippen LogP contribution in [0.2, 0.25) is 0 Å². The molecule has 1 saturated heterocycles. The summed E-state index contributed by atoms with van der Waals surface area (Å²) in [7, 11) is 0. The summed E-state index contributed by atoms with van der Waals surface area (Å²) in [6, 6.07) is 13.4. The van der Waals surface area contributed by atoms with Crippen LogP contribution >= 0.6 is 0 Å². The van der Waals surface area contributed by atoms with Crippen LogP contribution in [0.5, 0.6) is 0 Å². The average molecular weight is 312 g/mol. The van der Waals surface area contributed by atoms with E-state index in [1.807, 2.05) is 30.3 Å². The lowest BCUT2D eigenvalue weighted by molar-refractivity contribution is -0.129. The summed E-state index contributed by atoms with van der Waals surface area (Å²) >= 11 is 0. The molecular formula is C18H17FN2O2. The number of hydrogen-bond acceptors (Lipinski definition) is 2. The first-order valence-electron chi connectivity index (χ1n) is 7.49. The lowest BCUT2D eigenvalue weighted by Gasteiger charge is -2.17. The zero-order valence-electron chi connectivity index (χ0n) is 12.8. The number of carbonyl (C=O) groups is 2. The number of carbonyl (C=O) groups excluding carboxylic acids is 2. The molecule has 4 nitrogen and oxygen atoms in total. The minimum atomic E-state index is -0.709. The lowest BCUT2D eigenvalue weighted by Crippen LogP contribution is -2.33. The molecule has 1 unspecified atom stereocenters. The van der Waals surface area contributed by atoms with Gasteiger partial charge in [-0.25, -0.2) is 4.39 Å². The fourth-order valence-electron chi connectivity index (χ4n) is 2.77. The van der Waals surface area contributed by atoms with Gasteiger partial charge in [-0.15, -0.1) is 0 Å². The molecule has 0 radical (unpaired) electrons. The lowest BCUT2D eigenvalue weighted by atomic mass is 10.1. The number of hydrogen-bond donors (Lipinski definition) is 1. The fraction of sp³-hybridized carbons (Fsp3) is 0.222. The van der Waals surface area contributed by atoms with Crippen LogP contribution in [0.1, 0.15) is 12.0 Å². The van der Waals surface area contributed by atoms with Crippen molar-refractivity contribution in [1.29, 1.82) is 0 Å². The first-order valence-corrected chi connectivity index (χ1v) is 7.49. The summed E-state index contributed by atoms with van der Waals surface area (Å²) in [6.07, 6.45) is 0.472. The van der Waals surface area contributed by atoms with Gasteiger partial charge in [0, 0.05) is 17.9 Å². The highest BCUT2D eigenvalue weighted by Gasteiger charge is 2.37. The molecule has 3 rings (SSSR count). The van der Waals surface area contributed by atoms with Gasteiger partial charge in [0.1, 0.15) is 11.7 Å². The van der Waals surface area contributed by atoms with E-state index in [0.717, 1.165) is 5.69 Å². The third-order valence-corrected chi connectivity index (χ3v) is 4.04. The zero-order chi connectivity index (χ0) is 16.4. The summed E-state index contributed by atoms with van der Waals surface area (Å²) < 4.78 is 13.1. The van der Waals surface area contributed by atoms with Crippen molar-refractivity contribution >= 4 is 23.2 Å². The van der Waals surface area contributed by atoms with Crippen LogP contribution in [0.25, 0.3) is 0 Å². The second-order valence-electron chi connectivity index (χ2n) is 5.62. The maximum absolute atomic E-state index is 13.1. The number of aryl methyl sites for hydroxylation is 1. The number of amides is 2. The minimum absolute atomic E-state index is 0.200.